The van der Waals surface area contributed by atoms with Crippen LogP contribution in [-0.2, 0) is 0 Å². The number of nitrogens with two attached hydrogens (primary N) is 1. The summed E-state index contributed by atoms with van der Waals surface area (Å²) in [6, 6.07) is 9.24. The number of benzene rings is 1. The molecule has 2 N–H and O–H groups in total. The van der Waals surface area contributed by atoms with Gasteiger partial charge in [-0.15, -0.1) is 0 Å². The fourth-order valence-electron chi connectivity index (χ4n) is 2.32. The van der Waals surface area contributed by atoms with Gasteiger partial charge in [-0.2, -0.15) is 0 Å². The average molecular weight is 189 g/mol. The van der Waals surface area contributed by atoms with Gasteiger partial charge in [0.2, 0.25) is 0 Å². The molecule has 0 aromatic heterocycles. The number of hydrogen-bond donors (Lipinski definition) is 1. The van der Waals surface area contributed by atoms with E-state index < -0.39 is 0 Å². The Morgan fingerprint density at radius 2 is 1.79 bits per heavy atom. The summed E-state index contributed by atoms with van der Waals surface area (Å²) >= 11 is 0. The first kappa shape index (κ1) is 9.72. The van der Waals surface area contributed by atoms with Crippen LogP contribution in [0.5, 0.6) is 0 Å². The topological polar surface area (TPSA) is 26.0 Å². The summed E-state index contributed by atoms with van der Waals surface area (Å²) in [5, 5.41) is 0. The first-order valence-corrected chi connectivity index (χ1v) is 5.34. The first-order chi connectivity index (χ1) is 6.51. The fourth-order valence-corrected chi connectivity index (χ4v) is 2.32. The average Bonchev–Trinajstić information content (AvgIpc) is 2.16. The quantitative estimate of drug-likeness (QED) is 0.722. The number of hydrogen-bond acceptors (Lipinski definition) is 1. The van der Waals surface area contributed by atoms with Crippen LogP contribution < -0.4 is 5.73 Å². The Morgan fingerprint density at radius 1 is 1.21 bits per heavy atom. The van der Waals surface area contributed by atoms with Crippen molar-refractivity contribution in [3.8, 4) is 0 Å². The van der Waals surface area contributed by atoms with Crippen molar-refractivity contribution >= 4 is 0 Å². The predicted molar refractivity (Wildman–Crippen MR) is 60.3 cm³/mol. The third kappa shape index (κ3) is 1.36. The highest BCUT2D eigenvalue weighted by Crippen LogP contribution is 2.51. The van der Waals surface area contributed by atoms with E-state index in [0.29, 0.717) is 12.0 Å². The van der Waals surface area contributed by atoms with E-state index in [9.17, 15) is 0 Å². The summed E-state index contributed by atoms with van der Waals surface area (Å²) in [4.78, 5) is 0. The fraction of sp³-hybridized carbons (Fsp3) is 0.538. The van der Waals surface area contributed by atoms with Crippen molar-refractivity contribution < 1.29 is 0 Å². The summed E-state index contributed by atoms with van der Waals surface area (Å²) in [5.41, 5.74) is 9.06. The zero-order valence-electron chi connectivity index (χ0n) is 9.25. The molecule has 1 saturated carbocycles. The van der Waals surface area contributed by atoms with Crippen molar-refractivity contribution in [2.24, 2.45) is 11.1 Å². The van der Waals surface area contributed by atoms with Gasteiger partial charge >= 0.3 is 0 Å². The summed E-state index contributed by atoms with van der Waals surface area (Å²) < 4.78 is 0. The lowest BCUT2D eigenvalue weighted by Crippen LogP contribution is -2.52. The molecule has 0 spiro atoms. The van der Waals surface area contributed by atoms with E-state index >= 15 is 0 Å². The molecule has 1 aliphatic carbocycles. The van der Waals surface area contributed by atoms with Crippen LogP contribution >= 0.6 is 0 Å². The second-order valence-electron chi connectivity index (χ2n) is 5.13. The minimum absolute atomic E-state index is 0.273. The van der Waals surface area contributed by atoms with Crippen molar-refractivity contribution in [1.82, 2.24) is 0 Å². The highest BCUT2D eigenvalue weighted by Gasteiger charge is 2.46. The first-order valence-electron chi connectivity index (χ1n) is 5.34. The van der Waals surface area contributed by atoms with Gasteiger partial charge in [0.1, 0.15) is 0 Å². The maximum atomic E-state index is 6.01. The van der Waals surface area contributed by atoms with Crippen LogP contribution in [0.2, 0.25) is 0 Å². The molecule has 2 atom stereocenters. The van der Waals surface area contributed by atoms with Gasteiger partial charge in [0.15, 0.2) is 0 Å². The maximum Gasteiger partial charge on any atom is 0.0102 e. The van der Waals surface area contributed by atoms with Gasteiger partial charge < -0.3 is 5.73 Å². The van der Waals surface area contributed by atoms with Crippen LogP contribution in [-0.4, -0.2) is 6.04 Å². The molecule has 76 valence electrons. The molecule has 1 aliphatic rings. The zero-order chi connectivity index (χ0) is 10.3. The molecule has 1 fully saturated rings. The van der Waals surface area contributed by atoms with Crippen LogP contribution in [0, 0.1) is 12.3 Å². The van der Waals surface area contributed by atoms with Gasteiger partial charge in [-0.3, -0.25) is 0 Å². The minimum atomic E-state index is 0.273. The largest absolute Gasteiger partial charge is 0.327 e. The molecule has 1 aromatic rings. The van der Waals surface area contributed by atoms with E-state index in [1.807, 2.05) is 0 Å². The molecular formula is C13H19N. The van der Waals surface area contributed by atoms with Crippen molar-refractivity contribution in [2.75, 3.05) is 0 Å². The summed E-state index contributed by atoms with van der Waals surface area (Å²) in [6.45, 7) is 6.67. The summed E-state index contributed by atoms with van der Waals surface area (Å²) in [6.07, 6.45) is 1.13. The smallest absolute Gasteiger partial charge is 0.0102 e. The van der Waals surface area contributed by atoms with Crippen molar-refractivity contribution in [3.63, 3.8) is 0 Å². The van der Waals surface area contributed by atoms with Crippen molar-refractivity contribution in [2.45, 2.75) is 39.2 Å². The van der Waals surface area contributed by atoms with Crippen LogP contribution in [0.3, 0.4) is 0 Å². The van der Waals surface area contributed by atoms with Crippen molar-refractivity contribution in [3.05, 3.63) is 35.4 Å². The van der Waals surface area contributed by atoms with E-state index in [1.54, 1.807) is 0 Å². The van der Waals surface area contributed by atoms with E-state index in [1.165, 1.54) is 11.1 Å². The second kappa shape index (κ2) is 3.09. The monoisotopic (exact) mass is 189 g/mol. The molecule has 14 heavy (non-hydrogen) atoms. The SMILES string of the molecule is Cc1ccc(C2CC(N)C2(C)C)cc1. The van der Waals surface area contributed by atoms with Crippen molar-refractivity contribution in [1.29, 1.82) is 0 Å². The highest BCUT2D eigenvalue weighted by molar-refractivity contribution is 5.29. The number of rotatable bonds is 1. The third-order valence-electron chi connectivity index (χ3n) is 3.82. The van der Waals surface area contributed by atoms with Gasteiger partial charge in [-0.25, -0.2) is 0 Å². The minimum Gasteiger partial charge on any atom is -0.327 e. The van der Waals surface area contributed by atoms with Crippen LogP contribution in [0.4, 0.5) is 0 Å². The van der Waals surface area contributed by atoms with E-state index in [4.69, 9.17) is 5.73 Å². The molecule has 2 unspecified atom stereocenters. The van der Waals surface area contributed by atoms with E-state index in [2.05, 4.69) is 45.0 Å². The molecule has 2 rings (SSSR count). The molecule has 0 saturated heterocycles. The van der Waals surface area contributed by atoms with Crippen LogP contribution in [0.1, 0.15) is 37.3 Å². The zero-order valence-corrected chi connectivity index (χ0v) is 9.25. The second-order valence-corrected chi connectivity index (χ2v) is 5.13. The van der Waals surface area contributed by atoms with Gasteiger partial charge in [-0.1, -0.05) is 43.7 Å². The van der Waals surface area contributed by atoms with Gasteiger partial charge in [0.05, 0.1) is 0 Å². The molecular weight excluding hydrogens is 170 g/mol. The van der Waals surface area contributed by atoms with Gasteiger partial charge in [0.25, 0.3) is 0 Å². The molecule has 1 heteroatoms. The Labute approximate surface area is 86.3 Å². The Hall–Kier alpha value is -0.820. The Kier molecular flexibility index (Phi) is 2.15. The lowest BCUT2D eigenvalue weighted by molar-refractivity contribution is 0.0984. The Morgan fingerprint density at radius 3 is 2.21 bits per heavy atom. The lowest BCUT2D eigenvalue weighted by atomic mass is 9.57. The third-order valence-corrected chi connectivity index (χ3v) is 3.82. The molecule has 0 aliphatic heterocycles. The maximum absolute atomic E-state index is 6.01. The number of aryl methyl sites for hydroxylation is 1. The van der Waals surface area contributed by atoms with Crippen LogP contribution in [0.25, 0.3) is 0 Å². The standard InChI is InChI=1S/C13H19N/c1-9-4-6-10(7-5-9)11-8-12(14)13(11,2)3/h4-7,11-12H,8,14H2,1-3H3. The normalized spacial score (nSPS) is 29.7. The van der Waals surface area contributed by atoms with Gasteiger partial charge in [0, 0.05) is 6.04 Å². The Bertz CT molecular complexity index is 324. The molecule has 0 bridgehead atoms. The highest BCUT2D eigenvalue weighted by atomic mass is 14.8. The van der Waals surface area contributed by atoms with E-state index in [0.717, 1.165) is 6.42 Å². The van der Waals surface area contributed by atoms with Crippen LogP contribution in [0.15, 0.2) is 24.3 Å². The van der Waals surface area contributed by atoms with Gasteiger partial charge in [-0.05, 0) is 30.2 Å². The Balaban J connectivity index is 2.22. The molecule has 0 radical (unpaired) electrons. The lowest BCUT2D eigenvalue weighted by Gasteiger charge is -2.50. The molecule has 0 amide bonds. The molecule has 0 heterocycles. The van der Waals surface area contributed by atoms with E-state index in [-0.39, 0.29) is 5.41 Å². The summed E-state index contributed by atoms with van der Waals surface area (Å²) in [7, 11) is 0. The molecule has 1 aromatic carbocycles. The summed E-state index contributed by atoms with van der Waals surface area (Å²) in [5.74, 6) is 0.651. The predicted octanol–water partition coefficient (Wildman–Crippen LogP) is 2.84. The molecule has 1 nitrogen and oxygen atoms in total.